The van der Waals surface area contributed by atoms with Crippen LogP contribution in [0.15, 0.2) is 36.0 Å². The Kier molecular flexibility index (Phi) is 3.68. The molecule has 1 unspecified atom stereocenters. The number of pyridine rings is 1. The molecule has 0 aliphatic carbocycles. The maximum atomic E-state index is 12.5. The van der Waals surface area contributed by atoms with Crippen LogP contribution in [0.2, 0.25) is 0 Å². The number of hydrogen-bond acceptors (Lipinski definition) is 4. The van der Waals surface area contributed by atoms with Gasteiger partial charge >= 0.3 is 0 Å². The molecule has 3 aliphatic heterocycles. The molecular weight excluding hydrogens is 294 g/mol. The SMILES string of the molecule is O=C(NC1CN2CCC1CC2)c1cc(-c2cccnc2)cs1. The van der Waals surface area contributed by atoms with Crippen molar-refractivity contribution >= 4 is 17.2 Å². The molecule has 4 nitrogen and oxygen atoms in total. The molecule has 2 aromatic rings. The maximum Gasteiger partial charge on any atom is 0.261 e. The van der Waals surface area contributed by atoms with Gasteiger partial charge in [-0.1, -0.05) is 6.07 Å². The summed E-state index contributed by atoms with van der Waals surface area (Å²) in [7, 11) is 0. The molecule has 3 saturated heterocycles. The van der Waals surface area contributed by atoms with Crippen molar-refractivity contribution < 1.29 is 4.79 Å². The summed E-state index contributed by atoms with van der Waals surface area (Å²) in [5.74, 6) is 0.727. The first-order valence-corrected chi connectivity index (χ1v) is 8.70. The van der Waals surface area contributed by atoms with Crippen molar-refractivity contribution in [3.63, 3.8) is 0 Å². The first-order chi connectivity index (χ1) is 10.8. The first-order valence-electron chi connectivity index (χ1n) is 7.82. The zero-order chi connectivity index (χ0) is 14.9. The molecule has 0 spiro atoms. The summed E-state index contributed by atoms with van der Waals surface area (Å²) >= 11 is 1.51. The van der Waals surface area contributed by atoms with Crippen molar-refractivity contribution in [1.82, 2.24) is 15.2 Å². The van der Waals surface area contributed by atoms with E-state index in [1.54, 1.807) is 6.20 Å². The number of piperidine rings is 3. The molecule has 3 aliphatic rings. The lowest BCUT2D eigenvalue weighted by Gasteiger charge is -2.44. The van der Waals surface area contributed by atoms with Gasteiger partial charge in [-0.15, -0.1) is 11.3 Å². The molecule has 0 aromatic carbocycles. The molecule has 1 amide bonds. The van der Waals surface area contributed by atoms with Gasteiger partial charge < -0.3 is 10.2 Å². The molecule has 5 rings (SSSR count). The van der Waals surface area contributed by atoms with E-state index in [1.165, 1.54) is 37.3 Å². The number of amides is 1. The van der Waals surface area contributed by atoms with Gasteiger partial charge in [0, 0.05) is 30.5 Å². The summed E-state index contributed by atoms with van der Waals surface area (Å²) in [6.07, 6.45) is 6.03. The molecule has 0 radical (unpaired) electrons. The molecule has 22 heavy (non-hydrogen) atoms. The number of nitrogens with zero attached hydrogens (tertiary/aromatic N) is 2. The quantitative estimate of drug-likeness (QED) is 0.947. The topological polar surface area (TPSA) is 45.2 Å². The summed E-state index contributed by atoms with van der Waals surface area (Å²) in [4.78, 5) is 19.9. The number of carbonyl (C=O) groups is 1. The fraction of sp³-hybridized carbons (Fsp3) is 0.412. The molecule has 3 fully saturated rings. The summed E-state index contributed by atoms with van der Waals surface area (Å²) in [6, 6.07) is 6.22. The lowest BCUT2D eigenvalue weighted by molar-refractivity contribution is 0.0622. The number of fused-ring (bicyclic) bond motifs is 3. The van der Waals surface area contributed by atoms with E-state index in [0.29, 0.717) is 12.0 Å². The van der Waals surface area contributed by atoms with Gasteiger partial charge in [-0.2, -0.15) is 0 Å². The zero-order valence-corrected chi connectivity index (χ0v) is 13.2. The van der Waals surface area contributed by atoms with Crippen molar-refractivity contribution in [1.29, 1.82) is 0 Å². The Morgan fingerprint density at radius 3 is 2.86 bits per heavy atom. The minimum absolute atomic E-state index is 0.0684. The third-order valence-corrected chi connectivity index (χ3v) is 5.72. The second-order valence-electron chi connectivity index (χ2n) is 6.16. The average molecular weight is 313 g/mol. The minimum Gasteiger partial charge on any atom is -0.347 e. The molecule has 114 valence electrons. The van der Waals surface area contributed by atoms with E-state index < -0.39 is 0 Å². The van der Waals surface area contributed by atoms with Crippen LogP contribution in [0.4, 0.5) is 0 Å². The Bertz CT molecular complexity index is 662. The average Bonchev–Trinajstić information content (AvgIpc) is 3.07. The number of nitrogens with one attached hydrogen (secondary N) is 1. The number of carbonyl (C=O) groups excluding carboxylic acids is 1. The molecule has 2 bridgehead atoms. The standard InChI is InChI=1S/C17H19N3OS/c21-17(19-15-10-20-6-3-12(15)4-7-20)16-8-14(11-22-16)13-2-1-5-18-9-13/h1-2,5,8-9,11-12,15H,3-4,6-7,10H2,(H,19,21). The van der Waals surface area contributed by atoms with Gasteiger partial charge in [0.15, 0.2) is 0 Å². The van der Waals surface area contributed by atoms with Crippen molar-refractivity contribution in [2.75, 3.05) is 19.6 Å². The fourth-order valence-corrected chi connectivity index (χ4v) is 4.33. The van der Waals surface area contributed by atoms with Crippen LogP contribution < -0.4 is 5.32 Å². The third-order valence-electron chi connectivity index (χ3n) is 4.79. The third kappa shape index (κ3) is 2.66. The van der Waals surface area contributed by atoms with Crippen LogP contribution in [0.3, 0.4) is 0 Å². The highest BCUT2D eigenvalue weighted by Crippen LogP contribution is 2.29. The largest absolute Gasteiger partial charge is 0.347 e. The first kappa shape index (κ1) is 13.9. The van der Waals surface area contributed by atoms with E-state index in [2.05, 4.69) is 15.2 Å². The predicted molar refractivity (Wildman–Crippen MR) is 88.0 cm³/mol. The van der Waals surface area contributed by atoms with Crippen LogP contribution in [0.25, 0.3) is 11.1 Å². The summed E-state index contributed by atoms with van der Waals surface area (Å²) < 4.78 is 0. The maximum absolute atomic E-state index is 12.5. The lowest BCUT2D eigenvalue weighted by Crippen LogP contribution is -2.57. The summed E-state index contributed by atoms with van der Waals surface area (Å²) in [5.41, 5.74) is 2.12. The molecule has 0 saturated carbocycles. The second kappa shape index (κ2) is 5.82. The van der Waals surface area contributed by atoms with Gasteiger partial charge in [0.05, 0.1) is 4.88 Å². The van der Waals surface area contributed by atoms with E-state index >= 15 is 0 Å². The van der Waals surface area contributed by atoms with Gasteiger partial charge in [-0.25, -0.2) is 0 Å². The summed E-state index contributed by atoms with van der Waals surface area (Å²) in [5, 5.41) is 5.28. The monoisotopic (exact) mass is 313 g/mol. The van der Waals surface area contributed by atoms with E-state index in [-0.39, 0.29) is 5.91 Å². The van der Waals surface area contributed by atoms with E-state index in [0.717, 1.165) is 22.5 Å². The lowest BCUT2D eigenvalue weighted by atomic mass is 9.84. The van der Waals surface area contributed by atoms with Gasteiger partial charge in [0.25, 0.3) is 5.91 Å². The number of hydrogen-bond donors (Lipinski definition) is 1. The molecule has 1 N–H and O–H groups in total. The van der Waals surface area contributed by atoms with Crippen LogP contribution >= 0.6 is 11.3 Å². The second-order valence-corrected chi connectivity index (χ2v) is 7.07. The van der Waals surface area contributed by atoms with Crippen molar-refractivity contribution in [2.24, 2.45) is 5.92 Å². The van der Waals surface area contributed by atoms with E-state index in [4.69, 9.17) is 0 Å². The molecule has 2 aromatic heterocycles. The van der Waals surface area contributed by atoms with Crippen molar-refractivity contribution in [2.45, 2.75) is 18.9 Å². The highest BCUT2D eigenvalue weighted by Gasteiger charge is 2.35. The van der Waals surface area contributed by atoms with Crippen LogP contribution in [0, 0.1) is 5.92 Å². The predicted octanol–water partition coefficient (Wildman–Crippen LogP) is 2.63. The van der Waals surface area contributed by atoms with Crippen molar-refractivity contribution in [3.05, 3.63) is 40.8 Å². The van der Waals surface area contributed by atoms with Gasteiger partial charge in [0.1, 0.15) is 0 Å². The Morgan fingerprint density at radius 1 is 1.32 bits per heavy atom. The Balaban J connectivity index is 1.46. The zero-order valence-electron chi connectivity index (χ0n) is 12.4. The Morgan fingerprint density at radius 2 is 2.18 bits per heavy atom. The highest BCUT2D eigenvalue weighted by atomic mass is 32.1. The van der Waals surface area contributed by atoms with Crippen LogP contribution in [-0.2, 0) is 0 Å². The van der Waals surface area contributed by atoms with Crippen molar-refractivity contribution in [3.8, 4) is 11.1 Å². The number of thiophene rings is 1. The molecule has 5 heterocycles. The smallest absolute Gasteiger partial charge is 0.261 e. The van der Waals surface area contributed by atoms with Crippen LogP contribution in [0.5, 0.6) is 0 Å². The Labute approximate surface area is 134 Å². The number of rotatable bonds is 3. The highest BCUT2D eigenvalue weighted by molar-refractivity contribution is 7.12. The minimum atomic E-state index is 0.0684. The molecular formula is C17H19N3OS. The fourth-order valence-electron chi connectivity index (χ4n) is 3.51. The molecule has 5 heteroatoms. The Hall–Kier alpha value is -1.72. The normalized spacial score (nSPS) is 26.8. The van der Waals surface area contributed by atoms with Gasteiger partial charge in [-0.3, -0.25) is 9.78 Å². The summed E-state index contributed by atoms with van der Waals surface area (Å²) in [6.45, 7) is 3.40. The van der Waals surface area contributed by atoms with Gasteiger partial charge in [-0.05, 0) is 54.9 Å². The number of aromatic nitrogens is 1. The molecule has 1 atom stereocenters. The van der Waals surface area contributed by atoms with Crippen LogP contribution in [0.1, 0.15) is 22.5 Å². The van der Waals surface area contributed by atoms with Gasteiger partial charge in [0.2, 0.25) is 0 Å². The van der Waals surface area contributed by atoms with E-state index in [9.17, 15) is 4.79 Å². The van der Waals surface area contributed by atoms with Crippen LogP contribution in [-0.4, -0.2) is 41.5 Å². The van der Waals surface area contributed by atoms with E-state index in [1.807, 2.05) is 29.8 Å².